The first-order valence-corrected chi connectivity index (χ1v) is 6.66. The summed E-state index contributed by atoms with van der Waals surface area (Å²) in [5, 5.41) is 0.561. The monoisotopic (exact) mass is 328 g/mol. The summed E-state index contributed by atoms with van der Waals surface area (Å²) in [7, 11) is 0. The number of alkyl halides is 3. The molecule has 0 unspecified atom stereocenters. The van der Waals surface area contributed by atoms with E-state index in [1.807, 2.05) is 6.08 Å². The van der Waals surface area contributed by atoms with Crippen LogP contribution in [0.4, 0.5) is 18.9 Å². The Kier molecular flexibility index (Phi) is 3.90. The lowest BCUT2D eigenvalue weighted by Gasteiger charge is -2.26. The molecule has 0 aliphatic heterocycles. The van der Waals surface area contributed by atoms with Crippen molar-refractivity contribution in [2.75, 3.05) is 5.73 Å². The third kappa shape index (κ3) is 2.77. The minimum Gasteiger partial charge on any atom is -0.398 e. The van der Waals surface area contributed by atoms with Crippen LogP contribution in [-0.2, 0) is 12.6 Å². The van der Waals surface area contributed by atoms with E-state index in [1.165, 1.54) is 6.07 Å². The summed E-state index contributed by atoms with van der Waals surface area (Å²) in [5.74, 6) is 0. The lowest BCUT2D eigenvalue weighted by atomic mass is 9.81. The van der Waals surface area contributed by atoms with E-state index >= 15 is 0 Å². The Morgan fingerprint density at radius 3 is 2.55 bits per heavy atom. The molecule has 0 amide bonds. The molecule has 2 aromatic rings. The van der Waals surface area contributed by atoms with Gasteiger partial charge >= 0.3 is 6.18 Å². The molecule has 0 saturated heterocycles. The molecule has 0 atom stereocenters. The van der Waals surface area contributed by atoms with Crippen LogP contribution >= 0.6 is 12.4 Å². The lowest BCUT2D eigenvalue weighted by molar-refractivity contribution is -0.137. The first kappa shape index (κ1) is 16.6. The molecular formula is C16H16ClF3N2. The zero-order valence-corrected chi connectivity index (χ0v) is 13.0. The number of rotatable bonds is 0. The van der Waals surface area contributed by atoms with Gasteiger partial charge in [0.05, 0.1) is 22.5 Å². The molecule has 1 aromatic heterocycles. The Balaban J connectivity index is 0.00000176. The number of nitrogens with two attached hydrogens (primary N) is 1. The molecule has 0 fully saturated rings. The van der Waals surface area contributed by atoms with Crippen molar-refractivity contribution in [1.82, 2.24) is 4.98 Å². The van der Waals surface area contributed by atoms with Gasteiger partial charge in [0.15, 0.2) is 0 Å². The number of anilines is 1. The molecule has 0 saturated carbocycles. The minimum absolute atomic E-state index is 0. The van der Waals surface area contributed by atoms with Crippen LogP contribution in [0.15, 0.2) is 24.3 Å². The van der Waals surface area contributed by atoms with E-state index in [-0.39, 0.29) is 17.8 Å². The molecule has 0 spiro atoms. The maximum atomic E-state index is 12.8. The summed E-state index contributed by atoms with van der Waals surface area (Å²) < 4.78 is 38.4. The maximum absolute atomic E-state index is 12.8. The molecule has 3 rings (SSSR count). The van der Waals surface area contributed by atoms with Gasteiger partial charge in [-0.05, 0) is 24.0 Å². The fourth-order valence-corrected chi connectivity index (χ4v) is 2.65. The second-order valence-corrected chi connectivity index (χ2v) is 6.11. The summed E-state index contributed by atoms with van der Waals surface area (Å²) in [6, 6.07) is 3.51. The first-order chi connectivity index (χ1) is 9.67. The molecule has 1 aromatic carbocycles. The predicted molar refractivity (Wildman–Crippen MR) is 84.9 cm³/mol. The van der Waals surface area contributed by atoms with Crippen LogP contribution in [0.5, 0.6) is 0 Å². The summed E-state index contributed by atoms with van der Waals surface area (Å²) in [5.41, 5.74) is 7.72. The van der Waals surface area contributed by atoms with Gasteiger partial charge in [-0.15, -0.1) is 12.4 Å². The molecule has 1 heterocycles. The number of aromatic nitrogens is 1. The second-order valence-electron chi connectivity index (χ2n) is 6.11. The van der Waals surface area contributed by atoms with Crippen LogP contribution in [0.25, 0.3) is 17.0 Å². The van der Waals surface area contributed by atoms with Gasteiger partial charge in [-0.25, -0.2) is 0 Å². The topological polar surface area (TPSA) is 38.9 Å². The smallest absolute Gasteiger partial charge is 0.398 e. The van der Waals surface area contributed by atoms with E-state index in [4.69, 9.17) is 5.73 Å². The lowest BCUT2D eigenvalue weighted by Crippen LogP contribution is -2.18. The highest BCUT2D eigenvalue weighted by Crippen LogP contribution is 2.38. The average Bonchev–Trinajstić information content (AvgIpc) is 2.35. The third-order valence-electron chi connectivity index (χ3n) is 3.80. The van der Waals surface area contributed by atoms with Crippen LogP contribution in [0.3, 0.4) is 0 Å². The van der Waals surface area contributed by atoms with E-state index in [9.17, 15) is 13.2 Å². The molecule has 0 radical (unpaired) electrons. The van der Waals surface area contributed by atoms with Crippen LogP contribution in [0, 0.1) is 5.41 Å². The number of hydrogen-bond acceptors (Lipinski definition) is 2. The van der Waals surface area contributed by atoms with Gasteiger partial charge in [0.1, 0.15) is 0 Å². The quantitative estimate of drug-likeness (QED) is 0.750. The van der Waals surface area contributed by atoms with Gasteiger partial charge in [0.25, 0.3) is 0 Å². The number of nitrogen functional groups attached to an aromatic ring is 1. The normalized spacial score (nSPS) is 16.2. The van der Waals surface area contributed by atoms with Gasteiger partial charge in [-0.2, -0.15) is 13.2 Å². The Labute approximate surface area is 132 Å². The standard InChI is InChI=1S/C16H15F3N2.ClH/c1-15(2)6-5-11-13(8-15)21-12-7-9(16(17,18)19)3-4-10(12)14(11)20;/h3-7H,8H2,1-2H3,(H2,20,21);1H. The number of allylic oxidation sites excluding steroid dienone is 1. The SMILES string of the molecule is CC1(C)C=Cc2c(nc3cc(C(F)(F)F)ccc3c2N)C1.Cl. The third-order valence-corrected chi connectivity index (χ3v) is 3.80. The van der Waals surface area contributed by atoms with Crippen molar-refractivity contribution in [3.8, 4) is 0 Å². The highest BCUT2D eigenvalue weighted by atomic mass is 35.5. The molecular weight excluding hydrogens is 313 g/mol. The number of halogens is 4. The van der Waals surface area contributed by atoms with E-state index < -0.39 is 11.7 Å². The van der Waals surface area contributed by atoms with Gasteiger partial charge < -0.3 is 5.73 Å². The predicted octanol–water partition coefficient (Wildman–Crippen LogP) is 4.85. The molecule has 2 nitrogen and oxygen atoms in total. The number of nitrogens with zero attached hydrogens (tertiary/aromatic N) is 1. The molecule has 0 bridgehead atoms. The van der Waals surface area contributed by atoms with Gasteiger partial charge in [-0.1, -0.05) is 32.1 Å². The number of hydrogen-bond donors (Lipinski definition) is 1. The molecule has 118 valence electrons. The van der Waals surface area contributed by atoms with E-state index in [0.29, 0.717) is 23.0 Å². The van der Waals surface area contributed by atoms with Crippen LogP contribution in [-0.4, -0.2) is 4.98 Å². The van der Waals surface area contributed by atoms with Crippen molar-refractivity contribution in [2.45, 2.75) is 26.4 Å². The number of pyridine rings is 1. The first-order valence-electron chi connectivity index (χ1n) is 6.66. The zero-order chi connectivity index (χ0) is 15.4. The van der Waals surface area contributed by atoms with Crippen molar-refractivity contribution < 1.29 is 13.2 Å². The van der Waals surface area contributed by atoms with E-state index in [1.54, 1.807) is 0 Å². The zero-order valence-electron chi connectivity index (χ0n) is 12.2. The molecule has 6 heteroatoms. The van der Waals surface area contributed by atoms with Gasteiger partial charge in [-0.3, -0.25) is 4.98 Å². The van der Waals surface area contributed by atoms with Crippen LogP contribution in [0.1, 0.15) is 30.7 Å². The second kappa shape index (κ2) is 5.16. The largest absolute Gasteiger partial charge is 0.416 e. The fraction of sp³-hybridized carbons (Fsp3) is 0.312. The summed E-state index contributed by atoms with van der Waals surface area (Å²) in [6.45, 7) is 4.11. The Morgan fingerprint density at radius 2 is 1.91 bits per heavy atom. The molecule has 22 heavy (non-hydrogen) atoms. The van der Waals surface area contributed by atoms with Crippen LogP contribution in [0.2, 0.25) is 0 Å². The van der Waals surface area contributed by atoms with Crippen molar-refractivity contribution in [3.63, 3.8) is 0 Å². The van der Waals surface area contributed by atoms with Crippen LogP contribution < -0.4 is 5.73 Å². The number of benzene rings is 1. The Bertz CT molecular complexity index is 764. The van der Waals surface area contributed by atoms with E-state index in [0.717, 1.165) is 23.4 Å². The van der Waals surface area contributed by atoms with Crippen molar-refractivity contribution in [1.29, 1.82) is 0 Å². The highest BCUT2D eigenvalue weighted by molar-refractivity contribution is 5.95. The van der Waals surface area contributed by atoms with Gasteiger partial charge in [0.2, 0.25) is 0 Å². The Morgan fingerprint density at radius 1 is 1.23 bits per heavy atom. The van der Waals surface area contributed by atoms with Gasteiger partial charge in [0, 0.05) is 10.9 Å². The average molecular weight is 329 g/mol. The maximum Gasteiger partial charge on any atom is 0.416 e. The summed E-state index contributed by atoms with van der Waals surface area (Å²) in [6.07, 6.45) is 0.260. The highest BCUT2D eigenvalue weighted by Gasteiger charge is 2.31. The minimum atomic E-state index is -4.38. The van der Waals surface area contributed by atoms with Crippen molar-refractivity contribution >= 4 is 35.1 Å². The molecule has 1 aliphatic rings. The van der Waals surface area contributed by atoms with E-state index in [2.05, 4.69) is 24.9 Å². The summed E-state index contributed by atoms with van der Waals surface area (Å²) in [4.78, 5) is 4.42. The van der Waals surface area contributed by atoms with Crippen molar-refractivity contribution in [3.05, 3.63) is 41.1 Å². The number of fused-ring (bicyclic) bond motifs is 2. The summed E-state index contributed by atoms with van der Waals surface area (Å²) >= 11 is 0. The van der Waals surface area contributed by atoms with Crippen molar-refractivity contribution in [2.24, 2.45) is 5.41 Å². The Hall–Kier alpha value is -1.75. The fourth-order valence-electron chi connectivity index (χ4n) is 2.65. The molecule has 2 N–H and O–H groups in total. The molecule has 1 aliphatic carbocycles.